The Balaban J connectivity index is 2.62. The summed E-state index contributed by atoms with van der Waals surface area (Å²) in [4.78, 5) is 36.6. The Morgan fingerprint density at radius 3 is 2.84 bits per heavy atom. The van der Waals surface area contributed by atoms with Crippen molar-refractivity contribution in [1.29, 1.82) is 0 Å². The Labute approximate surface area is 113 Å². The summed E-state index contributed by atoms with van der Waals surface area (Å²) in [5.41, 5.74) is -1.62. The lowest BCUT2D eigenvalue weighted by Gasteiger charge is -2.12. The number of aryl methyl sites for hydroxylation is 1. The fraction of sp³-hybridized carbons (Fsp3) is 0.600. The van der Waals surface area contributed by atoms with Gasteiger partial charge in [0.2, 0.25) is 0 Å². The lowest BCUT2D eigenvalue weighted by molar-refractivity contribution is -0.139. The van der Waals surface area contributed by atoms with E-state index in [0.717, 1.165) is 0 Å². The number of carboxylic acids is 1. The Hall–Kier alpha value is -1.61. The topological polar surface area (TPSA) is 117 Å². The van der Waals surface area contributed by atoms with Crippen LogP contribution in [0.5, 0.6) is 0 Å². The maximum atomic E-state index is 11.1. The predicted octanol–water partition coefficient (Wildman–Crippen LogP) is -0.986. The fourth-order valence-corrected chi connectivity index (χ4v) is 2.34. The smallest absolute Gasteiger partial charge is 0.339 e. The maximum absolute atomic E-state index is 11.1. The number of carbonyl (C=O) groups is 1. The molecule has 0 fully saturated rings. The van der Waals surface area contributed by atoms with E-state index in [1.54, 1.807) is 7.05 Å². The molecule has 3 N–H and O–H groups in total. The number of hydrogen-bond donors (Lipinski definition) is 3. The van der Waals surface area contributed by atoms with Gasteiger partial charge in [-0.3, -0.25) is 24.2 Å². The summed E-state index contributed by atoms with van der Waals surface area (Å²) < 4.78 is 1.34. The monoisotopic (exact) mass is 288 g/mol. The number of aromatic nitrogens is 3. The first-order valence-electron chi connectivity index (χ1n) is 5.72. The normalized spacial score (nSPS) is 12.3. The predicted molar refractivity (Wildman–Crippen MR) is 70.5 cm³/mol. The SMILES string of the molecule is CCNC(CCSc1nc(=O)c(=O)[nH]n1C)C(=O)O. The van der Waals surface area contributed by atoms with Crippen LogP contribution in [0.1, 0.15) is 13.3 Å². The lowest BCUT2D eigenvalue weighted by atomic mass is 10.2. The molecule has 0 aliphatic rings. The highest BCUT2D eigenvalue weighted by Crippen LogP contribution is 2.13. The van der Waals surface area contributed by atoms with Gasteiger partial charge in [0.1, 0.15) is 6.04 Å². The van der Waals surface area contributed by atoms with Crippen LogP contribution in [0, 0.1) is 0 Å². The Bertz CT molecular complexity index is 553. The number of rotatable bonds is 7. The van der Waals surface area contributed by atoms with Crippen LogP contribution in [0.15, 0.2) is 14.7 Å². The van der Waals surface area contributed by atoms with Crippen LogP contribution in [0.25, 0.3) is 0 Å². The molecule has 0 saturated heterocycles. The van der Waals surface area contributed by atoms with Crippen molar-refractivity contribution in [2.24, 2.45) is 7.05 Å². The molecule has 1 atom stereocenters. The number of aliphatic carboxylic acids is 1. The van der Waals surface area contributed by atoms with E-state index in [2.05, 4.69) is 15.4 Å². The molecule has 0 saturated carbocycles. The van der Waals surface area contributed by atoms with Crippen molar-refractivity contribution in [2.45, 2.75) is 24.5 Å². The van der Waals surface area contributed by atoms with Crippen LogP contribution >= 0.6 is 11.8 Å². The molecule has 1 unspecified atom stereocenters. The number of nitrogens with one attached hydrogen (secondary N) is 2. The van der Waals surface area contributed by atoms with Crippen molar-refractivity contribution in [3.05, 3.63) is 20.7 Å². The Morgan fingerprint density at radius 2 is 2.26 bits per heavy atom. The number of thioether (sulfide) groups is 1. The van der Waals surface area contributed by atoms with Crippen LogP contribution in [0.3, 0.4) is 0 Å². The Kier molecular flexibility index (Phi) is 5.77. The molecule has 106 valence electrons. The average molecular weight is 288 g/mol. The zero-order valence-corrected chi connectivity index (χ0v) is 11.5. The first-order chi connectivity index (χ1) is 8.95. The maximum Gasteiger partial charge on any atom is 0.339 e. The van der Waals surface area contributed by atoms with Crippen molar-refractivity contribution in [3.8, 4) is 0 Å². The summed E-state index contributed by atoms with van der Waals surface area (Å²) in [5.74, 6) is -0.443. The van der Waals surface area contributed by atoms with Crippen molar-refractivity contribution in [3.63, 3.8) is 0 Å². The molecule has 0 aliphatic carbocycles. The third kappa shape index (κ3) is 4.52. The highest BCUT2D eigenvalue weighted by molar-refractivity contribution is 7.99. The van der Waals surface area contributed by atoms with Crippen LogP contribution < -0.4 is 16.4 Å². The van der Waals surface area contributed by atoms with Gasteiger partial charge in [-0.25, -0.2) is 0 Å². The molecule has 9 heteroatoms. The Morgan fingerprint density at radius 1 is 1.58 bits per heavy atom. The van der Waals surface area contributed by atoms with Gasteiger partial charge in [-0.05, 0) is 13.0 Å². The minimum absolute atomic E-state index is 0.352. The molecule has 8 nitrogen and oxygen atoms in total. The number of nitrogens with zero attached hydrogens (tertiary/aromatic N) is 2. The third-order valence-electron chi connectivity index (χ3n) is 2.33. The van der Waals surface area contributed by atoms with E-state index >= 15 is 0 Å². The van der Waals surface area contributed by atoms with Crippen LogP contribution in [-0.4, -0.2) is 44.2 Å². The average Bonchev–Trinajstić information content (AvgIpc) is 2.34. The standard InChI is InChI=1S/C10H16N4O4S/c1-3-11-6(9(17)18)4-5-19-10-12-7(15)8(16)13-14(10)2/h6,11H,3-5H2,1-2H3,(H,13,16)(H,17,18). The summed E-state index contributed by atoms with van der Waals surface area (Å²) in [6.07, 6.45) is 0.392. The van der Waals surface area contributed by atoms with E-state index < -0.39 is 23.1 Å². The number of hydrogen-bond acceptors (Lipinski definition) is 6. The number of carboxylic acid groups (broad SMARTS) is 1. The molecule has 0 spiro atoms. The molecule has 19 heavy (non-hydrogen) atoms. The lowest BCUT2D eigenvalue weighted by Crippen LogP contribution is -2.37. The van der Waals surface area contributed by atoms with Crippen molar-refractivity contribution in [1.82, 2.24) is 20.1 Å². The van der Waals surface area contributed by atoms with Crippen LogP contribution in [0.2, 0.25) is 0 Å². The van der Waals surface area contributed by atoms with E-state index in [4.69, 9.17) is 5.11 Å². The van der Waals surface area contributed by atoms with Gasteiger partial charge in [0.15, 0.2) is 5.16 Å². The van der Waals surface area contributed by atoms with E-state index in [-0.39, 0.29) is 0 Å². The van der Waals surface area contributed by atoms with Gasteiger partial charge in [0.25, 0.3) is 0 Å². The molecule has 0 aliphatic heterocycles. The first kappa shape index (κ1) is 15.4. The molecule has 1 rings (SSSR count). The van der Waals surface area contributed by atoms with E-state index in [0.29, 0.717) is 23.9 Å². The van der Waals surface area contributed by atoms with Gasteiger partial charge in [-0.15, -0.1) is 0 Å². The molecular formula is C10H16N4O4S. The quantitative estimate of drug-likeness (QED) is 0.436. The first-order valence-corrected chi connectivity index (χ1v) is 6.70. The zero-order chi connectivity index (χ0) is 14.4. The molecule has 0 radical (unpaired) electrons. The fourth-order valence-electron chi connectivity index (χ4n) is 1.42. The third-order valence-corrected chi connectivity index (χ3v) is 3.40. The van der Waals surface area contributed by atoms with Gasteiger partial charge in [0, 0.05) is 12.8 Å². The van der Waals surface area contributed by atoms with Crippen molar-refractivity contribution in [2.75, 3.05) is 12.3 Å². The van der Waals surface area contributed by atoms with Gasteiger partial charge in [0.05, 0.1) is 0 Å². The summed E-state index contributed by atoms with van der Waals surface area (Å²) in [6, 6.07) is -0.628. The second kappa shape index (κ2) is 7.10. The number of H-pyrrole nitrogens is 1. The molecule has 0 amide bonds. The number of likely N-dealkylation sites (N-methyl/N-ethyl adjacent to an activating group) is 1. The zero-order valence-electron chi connectivity index (χ0n) is 10.7. The number of aromatic amines is 1. The second-order valence-electron chi connectivity index (χ2n) is 3.79. The van der Waals surface area contributed by atoms with E-state index in [1.807, 2.05) is 6.92 Å². The summed E-state index contributed by atoms with van der Waals surface area (Å²) in [6.45, 7) is 2.40. The van der Waals surface area contributed by atoms with Gasteiger partial charge in [-0.2, -0.15) is 4.98 Å². The minimum Gasteiger partial charge on any atom is -0.480 e. The molecule has 0 aromatic carbocycles. The highest BCUT2D eigenvalue weighted by Gasteiger charge is 2.16. The highest BCUT2D eigenvalue weighted by atomic mass is 32.2. The van der Waals surface area contributed by atoms with Crippen molar-refractivity contribution < 1.29 is 9.90 Å². The van der Waals surface area contributed by atoms with Crippen LogP contribution in [-0.2, 0) is 11.8 Å². The van der Waals surface area contributed by atoms with Gasteiger partial charge in [-0.1, -0.05) is 18.7 Å². The van der Waals surface area contributed by atoms with Crippen LogP contribution in [0.4, 0.5) is 0 Å². The minimum atomic E-state index is -0.911. The molecule has 1 aromatic rings. The summed E-state index contributed by atoms with van der Waals surface area (Å²) >= 11 is 1.22. The summed E-state index contributed by atoms with van der Waals surface area (Å²) in [7, 11) is 1.56. The van der Waals surface area contributed by atoms with E-state index in [9.17, 15) is 14.4 Å². The molecule has 1 aromatic heterocycles. The van der Waals surface area contributed by atoms with Gasteiger partial charge >= 0.3 is 17.1 Å². The molecule has 0 bridgehead atoms. The van der Waals surface area contributed by atoms with Gasteiger partial charge < -0.3 is 10.4 Å². The molecule has 1 heterocycles. The molecular weight excluding hydrogens is 272 g/mol. The second-order valence-corrected chi connectivity index (χ2v) is 4.85. The van der Waals surface area contributed by atoms with E-state index in [1.165, 1.54) is 16.4 Å². The summed E-state index contributed by atoms with van der Waals surface area (Å²) in [5, 5.41) is 14.5. The largest absolute Gasteiger partial charge is 0.480 e. The van der Waals surface area contributed by atoms with Crippen molar-refractivity contribution >= 4 is 17.7 Å².